The summed E-state index contributed by atoms with van der Waals surface area (Å²) < 4.78 is 64.2. The fourth-order valence-electron chi connectivity index (χ4n) is 3.32. The maximum absolute atomic E-state index is 11.8. The molecule has 14 heteroatoms. The van der Waals surface area contributed by atoms with Crippen LogP contribution in [0.5, 0.6) is 0 Å². The van der Waals surface area contributed by atoms with E-state index in [9.17, 15) is 9.59 Å². The summed E-state index contributed by atoms with van der Waals surface area (Å²) >= 11 is 0. The van der Waals surface area contributed by atoms with E-state index in [-0.39, 0.29) is 25.0 Å². The predicted molar refractivity (Wildman–Crippen MR) is 166 cm³/mol. The molecule has 46 heavy (non-hydrogen) atoms. The standard InChI is InChI=1S/C32H54O14/c1-2-45-31(33)8-9-35-10-11-36-12-13-37-14-15-38-16-17-39-18-19-40-20-21-41-22-23-42-24-25-43-26-27-44-28-29-46-32(34)30-6-4-3-5-7-30/h3-7H,2,8-29H2,1H3. The number of rotatable bonds is 35. The number of ether oxygens (including phenoxy) is 12. The van der Waals surface area contributed by atoms with Gasteiger partial charge in [0.25, 0.3) is 0 Å². The zero-order valence-corrected chi connectivity index (χ0v) is 27.4. The summed E-state index contributed by atoms with van der Waals surface area (Å²) in [5, 5.41) is 0. The number of carbonyl (C=O) groups is 2. The Labute approximate surface area is 273 Å². The average Bonchev–Trinajstić information content (AvgIpc) is 3.07. The Morgan fingerprint density at radius 1 is 0.413 bits per heavy atom. The summed E-state index contributed by atoms with van der Waals surface area (Å²) in [6, 6.07) is 8.84. The largest absolute Gasteiger partial charge is 0.466 e. The van der Waals surface area contributed by atoms with E-state index >= 15 is 0 Å². The van der Waals surface area contributed by atoms with Crippen LogP contribution in [0.25, 0.3) is 0 Å². The highest BCUT2D eigenvalue weighted by molar-refractivity contribution is 5.89. The third-order valence-corrected chi connectivity index (χ3v) is 5.57. The van der Waals surface area contributed by atoms with Gasteiger partial charge in [-0.1, -0.05) is 18.2 Å². The highest BCUT2D eigenvalue weighted by atomic mass is 16.6. The van der Waals surface area contributed by atoms with Crippen LogP contribution >= 0.6 is 0 Å². The van der Waals surface area contributed by atoms with Crippen LogP contribution in [0.3, 0.4) is 0 Å². The molecule has 0 heterocycles. The molecule has 0 aliphatic rings. The average molecular weight is 663 g/mol. The van der Waals surface area contributed by atoms with Gasteiger partial charge in [-0.25, -0.2) is 4.79 Å². The van der Waals surface area contributed by atoms with Crippen molar-refractivity contribution in [3.05, 3.63) is 35.9 Å². The lowest BCUT2D eigenvalue weighted by Crippen LogP contribution is -2.15. The summed E-state index contributed by atoms with van der Waals surface area (Å²) in [6.07, 6.45) is 0.252. The van der Waals surface area contributed by atoms with Crippen molar-refractivity contribution < 1.29 is 66.4 Å². The topological polar surface area (TPSA) is 145 Å². The molecular weight excluding hydrogens is 608 g/mol. The molecule has 1 rings (SSSR count). The van der Waals surface area contributed by atoms with E-state index in [1.807, 2.05) is 6.07 Å². The van der Waals surface area contributed by atoms with Gasteiger partial charge in [0.1, 0.15) is 6.61 Å². The van der Waals surface area contributed by atoms with Crippen LogP contribution in [0.2, 0.25) is 0 Å². The van der Waals surface area contributed by atoms with Crippen molar-refractivity contribution in [3.63, 3.8) is 0 Å². The zero-order chi connectivity index (χ0) is 33.0. The van der Waals surface area contributed by atoms with Gasteiger partial charge in [-0.3, -0.25) is 4.79 Å². The summed E-state index contributed by atoms with van der Waals surface area (Å²) in [6.45, 7) is 11.4. The van der Waals surface area contributed by atoms with Gasteiger partial charge < -0.3 is 56.8 Å². The van der Waals surface area contributed by atoms with Crippen molar-refractivity contribution in [3.8, 4) is 0 Å². The molecule has 0 fully saturated rings. The maximum Gasteiger partial charge on any atom is 0.338 e. The van der Waals surface area contributed by atoms with Gasteiger partial charge in [0, 0.05) is 0 Å². The van der Waals surface area contributed by atoms with Gasteiger partial charge in [0.2, 0.25) is 0 Å². The van der Waals surface area contributed by atoms with Gasteiger partial charge in [0.05, 0.1) is 151 Å². The van der Waals surface area contributed by atoms with Crippen LogP contribution in [-0.4, -0.2) is 157 Å². The van der Waals surface area contributed by atoms with Gasteiger partial charge >= 0.3 is 11.9 Å². The number of esters is 2. The first-order chi connectivity index (χ1) is 22.7. The molecule has 0 aliphatic carbocycles. The van der Waals surface area contributed by atoms with E-state index in [2.05, 4.69) is 0 Å². The highest BCUT2D eigenvalue weighted by Gasteiger charge is 2.05. The smallest absolute Gasteiger partial charge is 0.338 e. The van der Waals surface area contributed by atoms with Crippen molar-refractivity contribution in [1.82, 2.24) is 0 Å². The van der Waals surface area contributed by atoms with E-state index in [0.29, 0.717) is 144 Å². The van der Waals surface area contributed by atoms with Crippen molar-refractivity contribution >= 4 is 11.9 Å². The van der Waals surface area contributed by atoms with Crippen LogP contribution in [0.1, 0.15) is 23.7 Å². The first-order valence-corrected chi connectivity index (χ1v) is 15.9. The number of hydrogen-bond donors (Lipinski definition) is 0. The van der Waals surface area contributed by atoms with Gasteiger partial charge in [0.15, 0.2) is 0 Å². The normalized spacial score (nSPS) is 11.2. The number of carbonyl (C=O) groups excluding carboxylic acids is 2. The Morgan fingerprint density at radius 2 is 0.717 bits per heavy atom. The molecule has 266 valence electrons. The molecule has 14 nitrogen and oxygen atoms in total. The van der Waals surface area contributed by atoms with Crippen LogP contribution in [0, 0.1) is 0 Å². The molecule has 0 bridgehead atoms. The quantitative estimate of drug-likeness (QED) is 0.0771. The summed E-state index contributed by atoms with van der Waals surface area (Å²) in [5.74, 6) is -0.614. The molecule has 0 aromatic heterocycles. The lowest BCUT2D eigenvalue weighted by atomic mass is 10.2. The molecule has 0 spiro atoms. The molecular formula is C32H54O14. The minimum Gasteiger partial charge on any atom is -0.466 e. The first-order valence-electron chi connectivity index (χ1n) is 15.9. The van der Waals surface area contributed by atoms with E-state index in [0.717, 1.165) is 0 Å². The number of hydrogen-bond acceptors (Lipinski definition) is 14. The molecule has 0 radical (unpaired) electrons. The van der Waals surface area contributed by atoms with Crippen molar-refractivity contribution in [2.24, 2.45) is 0 Å². The molecule has 0 aliphatic heterocycles. The fraction of sp³-hybridized carbons (Fsp3) is 0.750. The minimum absolute atomic E-state index is 0.198. The fourth-order valence-corrected chi connectivity index (χ4v) is 3.32. The second kappa shape index (κ2) is 34.1. The van der Waals surface area contributed by atoms with E-state index in [4.69, 9.17) is 56.8 Å². The Hall–Kier alpha value is -2.24. The summed E-state index contributed by atoms with van der Waals surface area (Å²) in [4.78, 5) is 22.9. The molecule has 0 saturated carbocycles. The van der Waals surface area contributed by atoms with Crippen molar-refractivity contribution in [1.29, 1.82) is 0 Å². The summed E-state index contributed by atoms with van der Waals surface area (Å²) in [7, 11) is 0. The second-order valence-corrected chi connectivity index (χ2v) is 9.18. The zero-order valence-electron chi connectivity index (χ0n) is 27.4. The van der Waals surface area contributed by atoms with Crippen LogP contribution in [0.4, 0.5) is 0 Å². The van der Waals surface area contributed by atoms with E-state index < -0.39 is 0 Å². The molecule has 0 amide bonds. The Kier molecular flexibility index (Phi) is 31.0. The third-order valence-electron chi connectivity index (χ3n) is 5.57. The molecule has 1 aromatic rings. The van der Waals surface area contributed by atoms with Gasteiger partial charge in [-0.05, 0) is 19.1 Å². The van der Waals surface area contributed by atoms with Crippen molar-refractivity contribution in [2.45, 2.75) is 13.3 Å². The van der Waals surface area contributed by atoms with E-state index in [1.165, 1.54) is 0 Å². The van der Waals surface area contributed by atoms with Crippen LogP contribution in [0.15, 0.2) is 30.3 Å². The highest BCUT2D eigenvalue weighted by Crippen LogP contribution is 2.00. The van der Waals surface area contributed by atoms with Crippen LogP contribution < -0.4 is 0 Å². The molecule has 0 saturated heterocycles. The molecule has 0 atom stereocenters. The maximum atomic E-state index is 11.8. The Balaban J connectivity index is 1.64. The monoisotopic (exact) mass is 662 g/mol. The Bertz CT molecular complexity index is 798. The lowest BCUT2D eigenvalue weighted by molar-refractivity contribution is -0.144. The third kappa shape index (κ3) is 29.2. The molecule has 0 unspecified atom stereocenters. The lowest BCUT2D eigenvalue weighted by Gasteiger charge is -2.09. The SMILES string of the molecule is CCOC(=O)CCOCCOCCOCCOCCOCCOCCOCCOCCOCCOCCOC(=O)c1ccccc1. The predicted octanol–water partition coefficient (Wildman–Crippen LogP) is 1.96. The Morgan fingerprint density at radius 3 is 1.04 bits per heavy atom. The van der Waals surface area contributed by atoms with Crippen LogP contribution in [-0.2, 0) is 61.6 Å². The second-order valence-electron chi connectivity index (χ2n) is 9.18. The van der Waals surface area contributed by atoms with E-state index in [1.54, 1.807) is 31.2 Å². The van der Waals surface area contributed by atoms with Gasteiger partial charge in [-0.2, -0.15) is 0 Å². The summed E-state index contributed by atoms with van der Waals surface area (Å²) in [5.41, 5.74) is 0.522. The first kappa shape index (κ1) is 41.8. The minimum atomic E-state index is -0.360. The van der Waals surface area contributed by atoms with Crippen molar-refractivity contribution in [2.75, 3.05) is 145 Å². The molecule has 1 aromatic carbocycles. The number of benzene rings is 1. The molecule has 0 N–H and O–H groups in total. The van der Waals surface area contributed by atoms with Gasteiger partial charge in [-0.15, -0.1) is 0 Å².